The van der Waals surface area contributed by atoms with Crippen LogP contribution in [0.15, 0.2) is 36.5 Å². The summed E-state index contributed by atoms with van der Waals surface area (Å²) in [5.74, 6) is 0.0890. The minimum absolute atomic E-state index is 0.0727. The van der Waals surface area contributed by atoms with Crippen LogP contribution in [0.5, 0.6) is 0 Å². The Bertz CT molecular complexity index is 839. The van der Waals surface area contributed by atoms with Gasteiger partial charge in [-0.3, -0.25) is 19.8 Å². The van der Waals surface area contributed by atoms with E-state index in [2.05, 4.69) is 15.2 Å². The number of amides is 1. The number of nitro benzene ring substituents is 1. The van der Waals surface area contributed by atoms with Crippen molar-refractivity contribution in [3.63, 3.8) is 0 Å². The third-order valence-electron chi connectivity index (χ3n) is 4.23. The van der Waals surface area contributed by atoms with E-state index in [9.17, 15) is 14.9 Å². The van der Waals surface area contributed by atoms with Crippen LogP contribution in [-0.4, -0.2) is 53.4 Å². The molecule has 0 saturated carbocycles. The minimum Gasteiger partial charge on any atom is -0.369 e. The lowest BCUT2D eigenvalue weighted by atomic mass is 10.2. The first-order chi connectivity index (χ1) is 12.9. The van der Waals surface area contributed by atoms with E-state index in [1.807, 2.05) is 4.90 Å². The highest BCUT2D eigenvalue weighted by atomic mass is 35.5. The van der Waals surface area contributed by atoms with Gasteiger partial charge in [0.15, 0.2) is 5.82 Å². The summed E-state index contributed by atoms with van der Waals surface area (Å²) in [6.45, 7) is 3.09. The lowest BCUT2D eigenvalue weighted by Gasteiger charge is -2.35. The molecule has 10 heteroatoms. The van der Waals surface area contributed by atoms with Gasteiger partial charge in [0.2, 0.25) is 5.91 Å². The van der Waals surface area contributed by atoms with Gasteiger partial charge in [0.25, 0.3) is 5.69 Å². The number of nitrogens with one attached hydrogen (secondary N) is 1. The number of anilines is 2. The summed E-state index contributed by atoms with van der Waals surface area (Å²) in [5, 5.41) is 14.1. The lowest BCUT2D eigenvalue weighted by Crippen LogP contribution is -2.48. The van der Waals surface area contributed by atoms with Gasteiger partial charge < -0.3 is 10.2 Å². The van der Waals surface area contributed by atoms with Crippen LogP contribution < -0.4 is 10.2 Å². The van der Waals surface area contributed by atoms with Crippen LogP contribution in [0.25, 0.3) is 0 Å². The van der Waals surface area contributed by atoms with Gasteiger partial charge in [-0.2, -0.15) is 0 Å². The third-order valence-corrected chi connectivity index (χ3v) is 4.73. The first kappa shape index (κ1) is 19.3. The Labute approximate surface area is 165 Å². The zero-order valence-corrected chi connectivity index (χ0v) is 15.8. The molecule has 8 nitrogen and oxygen atoms in total. The van der Waals surface area contributed by atoms with Crippen molar-refractivity contribution in [3.05, 3.63) is 56.7 Å². The minimum atomic E-state index is -0.415. The van der Waals surface area contributed by atoms with Gasteiger partial charge in [-0.1, -0.05) is 23.2 Å². The fourth-order valence-corrected chi connectivity index (χ4v) is 3.26. The molecule has 0 unspecified atom stereocenters. The van der Waals surface area contributed by atoms with Crippen LogP contribution >= 0.6 is 23.2 Å². The molecule has 1 aliphatic heterocycles. The summed E-state index contributed by atoms with van der Waals surface area (Å²) in [5.41, 5.74) is 1.00. The second kappa shape index (κ2) is 8.51. The molecule has 2 aromatic rings. The molecule has 142 valence electrons. The average molecular weight is 410 g/mol. The molecule has 1 fully saturated rings. The number of carbonyl (C=O) groups excluding carboxylic acids is 1. The van der Waals surface area contributed by atoms with Gasteiger partial charge in [0, 0.05) is 50.2 Å². The summed E-state index contributed by atoms with van der Waals surface area (Å²) in [4.78, 5) is 30.7. The van der Waals surface area contributed by atoms with E-state index in [4.69, 9.17) is 23.2 Å². The molecule has 3 rings (SSSR count). The number of nitrogens with zero attached hydrogens (tertiary/aromatic N) is 4. The van der Waals surface area contributed by atoms with Crippen LogP contribution in [-0.2, 0) is 4.79 Å². The normalized spacial score (nSPS) is 14.8. The van der Waals surface area contributed by atoms with E-state index < -0.39 is 4.92 Å². The Kier molecular flexibility index (Phi) is 6.10. The highest BCUT2D eigenvalue weighted by molar-refractivity contribution is 6.36. The Morgan fingerprint density at radius 1 is 1.19 bits per heavy atom. The number of nitro groups is 1. The number of benzene rings is 1. The van der Waals surface area contributed by atoms with E-state index >= 15 is 0 Å². The third kappa shape index (κ3) is 5.06. The largest absolute Gasteiger partial charge is 0.369 e. The molecule has 1 N–H and O–H groups in total. The van der Waals surface area contributed by atoms with E-state index in [1.54, 1.807) is 12.1 Å². The molecule has 1 saturated heterocycles. The monoisotopic (exact) mass is 409 g/mol. The molecule has 1 aliphatic rings. The van der Waals surface area contributed by atoms with Crippen molar-refractivity contribution in [3.8, 4) is 0 Å². The standard InChI is InChI=1S/C17H17Cl2N5O3/c18-12-9-15(19)17(20-10-12)21-16(25)11-22-5-7-23(8-6-22)13-1-3-14(4-2-13)24(26)27/h1-4,9-10H,5-8,11H2,(H,20,21,25). The predicted octanol–water partition coefficient (Wildman–Crippen LogP) is 3.06. The number of pyridine rings is 1. The van der Waals surface area contributed by atoms with E-state index in [-0.39, 0.29) is 24.0 Å². The number of rotatable bonds is 5. The molecule has 1 amide bonds. The fraction of sp³-hybridized carbons (Fsp3) is 0.294. The molecule has 0 spiro atoms. The average Bonchev–Trinajstić information content (AvgIpc) is 2.65. The van der Waals surface area contributed by atoms with Crippen LogP contribution in [0.1, 0.15) is 0 Å². The highest BCUT2D eigenvalue weighted by Crippen LogP contribution is 2.23. The maximum Gasteiger partial charge on any atom is 0.269 e. The summed E-state index contributed by atoms with van der Waals surface area (Å²) >= 11 is 11.8. The van der Waals surface area contributed by atoms with Crippen molar-refractivity contribution >= 4 is 46.3 Å². The molecular formula is C17H17Cl2N5O3. The van der Waals surface area contributed by atoms with Gasteiger partial charge in [0.1, 0.15) is 0 Å². The molecule has 0 aliphatic carbocycles. The second-order valence-electron chi connectivity index (χ2n) is 6.07. The van der Waals surface area contributed by atoms with Gasteiger partial charge in [0.05, 0.1) is 21.5 Å². The Balaban J connectivity index is 1.50. The van der Waals surface area contributed by atoms with Crippen molar-refractivity contribution in [2.75, 3.05) is 42.9 Å². The first-order valence-corrected chi connectivity index (χ1v) is 9.00. The number of carbonyl (C=O) groups is 1. The number of hydrogen-bond donors (Lipinski definition) is 1. The summed E-state index contributed by atoms with van der Waals surface area (Å²) in [7, 11) is 0. The molecule has 1 aromatic heterocycles. The van der Waals surface area contributed by atoms with Gasteiger partial charge in [-0.05, 0) is 18.2 Å². The van der Waals surface area contributed by atoms with Crippen LogP contribution in [0.2, 0.25) is 10.0 Å². The van der Waals surface area contributed by atoms with Gasteiger partial charge in [-0.15, -0.1) is 0 Å². The molecule has 2 heterocycles. The maximum absolute atomic E-state index is 12.2. The topological polar surface area (TPSA) is 91.6 Å². The Morgan fingerprint density at radius 2 is 1.85 bits per heavy atom. The van der Waals surface area contributed by atoms with E-state index in [0.29, 0.717) is 23.1 Å². The lowest BCUT2D eigenvalue weighted by molar-refractivity contribution is -0.384. The summed E-state index contributed by atoms with van der Waals surface area (Å²) < 4.78 is 0. The Morgan fingerprint density at radius 3 is 2.44 bits per heavy atom. The Hall–Kier alpha value is -2.42. The van der Waals surface area contributed by atoms with E-state index in [0.717, 1.165) is 18.8 Å². The van der Waals surface area contributed by atoms with Crippen LogP contribution in [0.3, 0.4) is 0 Å². The quantitative estimate of drug-likeness (QED) is 0.602. The molecule has 0 atom stereocenters. The molecular weight excluding hydrogens is 393 g/mol. The molecule has 1 aromatic carbocycles. The summed E-state index contributed by atoms with van der Waals surface area (Å²) in [6, 6.07) is 8.01. The number of halogens is 2. The number of piperazine rings is 1. The fourth-order valence-electron chi connectivity index (χ4n) is 2.83. The predicted molar refractivity (Wildman–Crippen MR) is 105 cm³/mol. The van der Waals surface area contributed by atoms with Crippen molar-refractivity contribution in [1.82, 2.24) is 9.88 Å². The zero-order chi connectivity index (χ0) is 19.4. The van der Waals surface area contributed by atoms with Crippen LogP contribution in [0.4, 0.5) is 17.2 Å². The molecule has 0 radical (unpaired) electrons. The zero-order valence-electron chi connectivity index (χ0n) is 14.3. The second-order valence-corrected chi connectivity index (χ2v) is 6.91. The van der Waals surface area contributed by atoms with Gasteiger partial charge in [-0.25, -0.2) is 4.98 Å². The van der Waals surface area contributed by atoms with E-state index in [1.165, 1.54) is 24.4 Å². The number of aromatic nitrogens is 1. The summed E-state index contributed by atoms with van der Waals surface area (Å²) in [6.07, 6.45) is 1.42. The maximum atomic E-state index is 12.2. The smallest absolute Gasteiger partial charge is 0.269 e. The SMILES string of the molecule is O=C(CN1CCN(c2ccc([N+](=O)[O-])cc2)CC1)Nc1ncc(Cl)cc1Cl. The van der Waals surface area contributed by atoms with Crippen molar-refractivity contribution in [2.45, 2.75) is 0 Å². The number of hydrogen-bond acceptors (Lipinski definition) is 6. The van der Waals surface area contributed by atoms with Crippen molar-refractivity contribution in [2.24, 2.45) is 0 Å². The highest BCUT2D eigenvalue weighted by Gasteiger charge is 2.20. The van der Waals surface area contributed by atoms with Gasteiger partial charge >= 0.3 is 0 Å². The van der Waals surface area contributed by atoms with Crippen molar-refractivity contribution in [1.29, 1.82) is 0 Å². The van der Waals surface area contributed by atoms with Crippen molar-refractivity contribution < 1.29 is 9.72 Å². The number of non-ortho nitro benzene ring substituents is 1. The molecule has 27 heavy (non-hydrogen) atoms. The van der Waals surface area contributed by atoms with Crippen LogP contribution in [0, 0.1) is 10.1 Å². The first-order valence-electron chi connectivity index (χ1n) is 8.25. The molecule has 0 bridgehead atoms.